The number of halogens is 1. The Balaban J connectivity index is 1.83. The molecule has 0 aliphatic heterocycles. The lowest BCUT2D eigenvalue weighted by Crippen LogP contribution is -2.10. The lowest BCUT2D eigenvalue weighted by atomic mass is 10.1. The van der Waals surface area contributed by atoms with Gasteiger partial charge in [-0.05, 0) is 65.0 Å². The van der Waals surface area contributed by atoms with E-state index in [4.69, 9.17) is 10.5 Å². The molecule has 1 aliphatic rings. The van der Waals surface area contributed by atoms with E-state index in [0.29, 0.717) is 6.10 Å². The van der Waals surface area contributed by atoms with Gasteiger partial charge in [-0.25, -0.2) is 0 Å². The Bertz CT molecular complexity index is 572. The predicted molar refractivity (Wildman–Crippen MR) is 82.9 cm³/mol. The van der Waals surface area contributed by atoms with E-state index in [2.05, 4.69) is 41.1 Å². The van der Waals surface area contributed by atoms with Crippen molar-refractivity contribution < 1.29 is 4.74 Å². The Labute approximate surface area is 125 Å². The maximum Gasteiger partial charge on any atom is 0.120 e. The average Bonchev–Trinajstić information content (AvgIpc) is 3.15. The van der Waals surface area contributed by atoms with Gasteiger partial charge in [-0.1, -0.05) is 12.1 Å². The van der Waals surface area contributed by atoms with Crippen LogP contribution in [0, 0.1) is 6.92 Å². The van der Waals surface area contributed by atoms with Crippen molar-refractivity contribution in [2.24, 2.45) is 5.73 Å². The van der Waals surface area contributed by atoms with Crippen LogP contribution in [-0.2, 0) is 0 Å². The average molecular weight is 338 g/mol. The first-order valence-corrected chi connectivity index (χ1v) is 8.02. The first-order valence-electron chi connectivity index (χ1n) is 6.41. The van der Waals surface area contributed by atoms with Gasteiger partial charge < -0.3 is 10.5 Å². The second-order valence-corrected chi connectivity index (χ2v) is 7.37. The van der Waals surface area contributed by atoms with Crippen LogP contribution in [0.4, 0.5) is 0 Å². The smallest absolute Gasteiger partial charge is 0.120 e. The topological polar surface area (TPSA) is 35.2 Å². The zero-order valence-electron chi connectivity index (χ0n) is 10.7. The summed E-state index contributed by atoms with van der Waals surface area (Å²) in [4.78, 5) is 1.17. The van der Waals surface area contributed by atoms with Gasteiger partial charge in [-0.2, -0.15) is 0 Å². The highest BCUT2D eigenvalue weighted by molar-refractivity contribution is 9.11. The molecule has 1 saturated carbocycles. The third-order valence-corrected chi connectivity index (χ3v) is 5.45. The Morgan fingerprint density at radius 1 is 1.37 bits per heavy atom. The fourth-order valence-corrected chi connectivity index (χ4v) is 3.56. The Hall–Kier alpha value is -0.840. The third kappa shape index (κ3) is 3.02. The summed E-state index contributed by atoms with van der Waals surface area (Å²) in [5, 5.41) is 0. The Morgan fingerprint density at radius 3 is 2.79 bits per heavy atom. The van der Waals surface area contributed by atoms with E-state index in [1.807, 2.05) is 12.1 Å². The first-order chi connectivity index (χ1) is 9.13. The zero-order valence-corrected chi connectivity index (χ0v) is 13.1. The van der Waals surface area contributed by atoms with Gasteiger partial charge in [0.2, 0.25) is 0 Å². The maximum absolute atomic E-state index is 6.35. The van der Waals surface area contributed by atoms with Gasteiger partial charge in [0.15, 0.2) is 0 Å². The Morgan fingerprint density at radius 2 is 2.16 bits per heavy atom. The summed E-state index contributed by atoms with van der Waals surface area (Å²) in [6.07, 6.45) is 2.77. The largest absolute Gasteiger partial charge is 0.490 e. The van der Waals surface area contributed by atoms with Crippen molar-refractivity contribution in [1.82, 2.24) is 0 Å². The minimum absolute atomic E-state index is 0.0854. The Kier molecular flexibility index (Phi) is 3.65. The number of benzene rings is 1. The summed E-state index contributed by atoms with van der Waals surface area (Å²) >= 11 is 5.25. The van der Waals surface area contributed by atoms with Gasteiger partial charge in [0.05, 0.1) is 15.9 Å². The lowest BCUT2D eigenvalue weighted by Gasteiger charge is -2.12. The monoisotopic (exact) mass is 337 g/mol. The molecule has 3 rings (SSSR count). The molecule has 0 spiro atoms. The molecule has 1 aromatic carbocycles. The molecule has 2 N–H and O–H groups in total. The van der Waals surface area contributed by atoms with E-state index >= 15 is 0 Å². The van der Waals surface area contributed by atoms with Crippen molar-refractivity contribution in [3.63, 3.8) is 0 Å². The van der Waals surface area contributed by atoms with Crippen LogP contribution in [0.15, 0.2) is 34.1 Å². The third-order valence-electron chi connectivity index (χ3n) is 3.23. The molecular weight excluding hydrogens is 322 g/mol. The SMILES string of the molecule is Cc1cc(C(N)c2cccc(OC3CC3)c2)sc1Br. The van der Waals surface area contributed by atoms with Crippen molar-refractivity contribution in [1.29, 1.82) is 0 Å². The van der Waals surface area contributed by atoms with Crippen LogP contribution >= 0.6 is 27.3 Å². The highest BCUT2D eigenvalue weighted by Crippen LogP contribution is 2.34. The summed E-state index contributed by atoms with van der Waals surface area (Å²) in [6, 6.07) is 10.2. The van der Waals surface area contributed by atoms with Crippen molar-refractivity contribution >= 4 is 27.3 Å². The minimum atomic E-state index is -0.0854. The molecule has 100 valence electrons. The van der Waals surface area contributed by atoms with Crippen molar-refractivity contribution in [3.8, 4) is 5.75 Å². The molecule has 1 fully saturated rings. The summed E-state index contributed by atoms with van der Waals surface area (Å²) in [6.45, 7) is 2.09. The second kappa shape index (κ2) is 5.27. The van der Waals surface area contributed by atoms with Gasteiger partial charge in [-0.15, -0.1) is 11.3 Å². The van der Waals surface area contributed by atoms with Crippen molar-refractivity contribution in [3.05, 3.63) is 50.1 Å². The minimum Gasteiger partial charge on any atom is -0.490 e. The molecule has 1 aliphatic carbocycles. The molecule has 0 amide bonds. The summed E-state index contributed by atoms with van der Waals surface area (Å²) in [5.74, 6) is 0.933. The van der Waals surface area contributed by atoms with Crippen LogP contribution in [0.1, 0.15) is 34.9 Å². The van der Waals surface area contributed by atoms with E-state index < -0.39 is 0 Å². The number of hydrogen-bond acceptors (Lipinski definition) is 3. The van der Waals surface area contributed by atoms with E-state index in [1.54, 1.807) is 11.3 Å². The molecule has 4 heteroatoms. The van der Waals surface area contributed by atoms with Gasteiger partial charge in [0, 0.05) is 4.88 Å². The van der Waals surface area contributed by atoms with Crippen LogP contribution in [0.5, 0.6) is 5.75 Å². The van der Waals surface area contributed by atoms with E-state index in [0.717, 1.165) is 15.1 Å². The second-order valence-electron chi connectivity index (χ2n) is 4.97. The zero-order chi connectivity index (χ0) is 13.4. The molecule has 0 bridgehead atoms. The maximum atomic E-state index is 6.35. The molecule has 0 saturated heterocycles. The van der Waals surface area contributed by atoms with Crippen molar-refractivity contribution in [2.45, 2.75) is 31.9 Å². The number of ether oxygens (including phenoxy) is 1. The number of aryl methyl sites for hydroxylation is 1. The number of thiophene rings is 1. The molecule has 2 nitrogen and oxygen atoms in total. The molecule has 1 heterocycles. The highest BCUT2D eigenvalue weighted by atomic mass is 79.9. The number of nitrogens with two attached hydrogens (primary N) is 1. The van der Waals surface area contributed by atoms with Crippen molar-refractivity contribution in [2.75, 3.05) is 0 Å². The van der Waals surface area contributed by atoms with Gasteiger partial charge in [0.25, 0.3) is 0 Å². The lowest BCUT2D eigenvalue weighted by molar-refractivity contribution is 0.303. The molecule has 19 heavy (non-hydrogen) atoms. The number of hydrogen-bond donors (Lipinski definition) is 1. The summed E-state index contributed by atoms with van der Waals surface area (Å²) < 4.78 is 6.98. The number of rotatable bonds is 4. The molecule has 1 aromatic heterocycles. The van der Waals surface area contributed by atoms with Gasteiger partial charge in [-0.3, -0.25) is 0 Å². The van der Waals surface area contributed by atoms with Crippen LogP contribution in [0.25, 0.3) is 0 Å². The van der Waals surface area contributed by atoms with E-state index in [-0.39, 0.29) is 6.04 Å². The van der Waals surface area contributed by atoms with Gasteiger partial charge in [0.1, 0.15) is 5.75 Å². The van der Waals surface area contributed by atoms with Crippen LogP contribution in [0.3, 0.4) is 0 Å². The highest BCUT2D eigenvalue weighted by Gasteiger charge is 2.23. The standard InChI is InChI=1S/C15H16BrNOS/c1-9-7-13(19-15(9)16)14(17)10-3-2-4-12(8-10)18-11-5-6-11/h2-4,7-8,11,14H,5-6,17H2,1H3. The van der Waals surface area contributed by atoms with Crippen LogP contribution in [0.2, 0.25) is 0 Å². The molecular formula is C15H16BrNOS. The summed E-state index contributed by atoms with van der Waals surface area (Å²) in [7, 11) is 0. The van der Waals surface area contributed by atoms with E-state index in [9.17, 15) is 0 Å². The normalized spacial score (nSPS) is 16.4. The quantitative estimate of drug-likeness (QED) is 0.896. The molecule has 1 unspecified atom stereocenters. The fourth-order valence-electron chi connectivity index (χ4n) is 1.96. The fraction of sp³-hybridized carbons (Fsp3) is 0.333. The molecule has 1 atom stereocenters. The van der Waals surface area contributed by atoms with E-state index in [1.165, 1.54) is 23.3 Å². The summed E-state index contributed by atoms with van der Waals surface area (Å²) in [5.41, 5.74) is 8.69. The van der Waals surface area contributed by atoms with Gasteiger partial charge >= 0.3 is 0 Å². The van der Waals surface area contributed by atoms with Crippen LogP contribution in [-0.4, -0.2) is 6.10 Å². The molecule has 0 radical (unpaired) electrons. The molecule has 2 aromatic rings. The first kappa shape index (κ1) is 13.2. The predicted octanol–water partition coefficient (Wildman–Crippen LogP) is 4.41. The van der Waals surface area contributed by atoms with Crippen LogP contribution < -0.4 is 10.5 Å².